The molecule has 0 saturated heterocycles. The summed E-state index contributed by atoms with van der Waals surface area (Å²) < 4.78 is 11.2. The van der Waals surface area contributed by atoms with E-state index in [0.717, 1.165) is 28.0 Å². The van der Waals surface area contributed by atoms with Crippen molar-refractivity contribution < 1.29 is 23.9 Å². The lowest BCUT2D eigenvalue weighted by atomic mass is 9.99. The predicted molar refractivity (Wildman–Crippen MR) is 157 cm³/mol. The van der Waals surface area contributed by atoms with E-state index in [4.69, 9.17) is 9.47 Å². The molecule has 0 saturated carbocycles. The summed E-state index contributed by atoms with van der Waals surface area (Å²) in [6, 6.07) is 22.1. The van der Waals surface area contributed by atoms with E-state index in [9.17, 15) is 14.4 Å². The van der Waals surface area contributed by atoms with E-state index in [1.54, 1.807) is 43.3 Å². The fraction of sp³-hybridized carbons (Fsp3) is 0.281. The summed E-state index contributed by atoms with van der Waals surface area (Å²) in [6.45, 7) is 1.94. The highest BCUT2D eigenvalue weighted by atomic mass is 16.5. The number of para-hydroxylation sites is 2. The average molecular weight is 556 g/mol. The average Bonchev–Trinajstić information content (AvgIpc) is 3.39. The highest BCUT2D eigenvalue weighted by molar-refractivity contribution is 5.82. The van der Waals surface area contributed by atoms with Gasteiger partial charge in [0.15, 0.2) is 6.61 Å². The van der Waals surface area contributed by atoms with Crippen LogP contribution in [0.3, 0.4) is 0 Å². The number of nitrogens with one attached hydrogen (secondary N) is 2. The highest BCUT2D eigenvalue weighted by Crippen LogP contribution is 2.33. The van der Waals surface area contributed by atoms with Gasteiger partial charge in [-0.25, -0.2) is 0 Å². The Morgan fingerprint density at radius 2 is 1.68 bits per heavy atom. The molecule has 9 nitrogen and oxygen atoms in total. The molecule has 3 aromatic rings. The Bertz CT molecular complexity index is 1400. The summed E-state index contributed by atoms with van der Waals surface area (Å²) in [7, 11) is 3.19. The van der Waals surface area contributed by atoms with Gasteiger partial charge >= 0.3 is 0 Å². The van der Waals surface area contributed by atoms with Crippen LogP contribution in [0.15, 0.2) is 79.0 Å². The van der Waals surface area contributed by atoms with Crippen molar-refractivity contribution in [3.63, 3.8) is 0 Å². The highest BCUT2D eigenvalue weighted by Gasteiger charge is 2.24. The van der Waals surface area contributed by atoms with Crippen molar-refractivity contribution >= 4 is 29.0 Å². The van der Waals surface area contributed by atoms with Crippen LogP contribution in [-0.4, -0.2) is 56.0 Å². The van der Waals surface area contributed by atoms with Gasteiger partial charge in [-0.1, -0.05) is 48.5 Å². The first-order valence-corrected chi connectivity index (χ1v) is 13.4. The van der Waals surface area contributed by atoms with Crippen molar-refractivity contribution in [3.05, 3.63) is 95.7 Å². The van der Waals surface area contributed by atoms with Crippen LogP contribution in [-0.2, 0) is 27.3 Å². The van der Waals surface area contributed by atoms with Crippen LogP contribution in [0.5, 0.6) is 11.5 Å². The lowest BCUT2D eigenvalue weighted by Crippen LogP contribution is -2.46. The number of likely N-dealkylation sites (N-methyl/N-ethyl adjacent to an activating group) is 1. The smallest absolute Gasteiger partial charge is 0.258 e. The maximum absolute atomic E-state index is 13.1. The van der Waals surface area contributed by atoms with Gasteiger partial charge in [0.25, 0.3) is 5.91 Å². The van der Waals surface area contributed by atoms with Crippen LogP contribution in [0.25, 0.3) is 5.57 Å². The van der Waals surface area contributed by atoms with Crippen molar-refractivity contribution in [3.8, 4) is 11.5 Å². The van der Waals surface area contributed by atoms with Crippen molar-refractivity contribution in [1.82, 2.24) is 20.9 Å². The van der Waals surface area contributed by atoms with Crippen LogP contribution in [0, 0.1) is 0 Å². The SMILES string of the molecule is CNC(=O)Cc1ccc(OCC(=O)NC(CC2=C[N]c3ccccc32)CN(Cc2ccccc2OC)C(C)=O)cc1. The van der Waals surface area contributed by atoms with Gasteiger partial charge in [0.05, 0.1) is 25.3 Å². The molecule has 41 heavy (non-hydrogen) atoms. The van der Waals surface area contributed by atoms with Gasteiger partial charge in [-0.3, -0.25) is 19.7 Å². The second-order valence-electron chi connectivity index (χ2n) is 9.76. The number of carbonyl (C=O) groups is 3. The molecule has 0 aliphatic carbocycles. The Kier molecular flexibility index (Phi) is 9.99. The summed E-state index contributed by atoms with van der Waals surface area (Å²) in [4.78, 5) is 39.1. The van der Waals surface area contributed by atoms with Gasteiger partial charge in [-0.2, -0.15) is 0 Å². The third-order valence-electron chi connectivity index (χ3n) is 6.82. The lowest BCUT2D eigenvalue weighted by molar-refractivity contribution is -0.131. The molecule has 2 N–H and O–H groups in total. The maximum atomic E-state index is 13.1. The molecule has 3 aromatic carbocycles. The van der Waals surface area contributed by atoms with Crippen LogP contribution >= 0.6 is 0 Å². The third-order valence-corrected chi connectivity index (χ3v) is 6.82. The van der Waals surface area contributed by atoms with E-state index in [1.807, 2.05) is 54.7 Å². The Hall–Kier alpha value is -4.79. The number of hydrogen-bond donors (Lipinski definition) is 2. The van der Waals surface area contributed by atoms with Gasteiger partial charge in [0, 0.05) is 44.4 Å². The zero-order chi connectivity index (χ0) is 29.2. The summed E-state index contributed by atoms with van der Waals surface area (Å²) in [6.07, 6.45) is 2.57. The van der Waals surface area contributed by atoms with Crippen LogP contribution in [0.4, 0.5) is 5.69 Å². The molecule has 0 bridgehead atoms. The van der Waals surface area contributed by atoms with Gasteiger partial charge in [0.2, 0.25) is 11.8 Å². The Balaban J connectivity index is 1.45. The standard InChI is InChI=1S/C32H35N4O5/c1-22(37)36(19-24-8-4-7-11-30(24)40-3)20-26(17-25-18-34-29-10-6-5-9-28(25)29)35-32(39)21-41-27-14-12-23(13-15-27)16-31(38)33-2/h4-15,18,26H,16-17,19-21H2,1-3H3,(H,33,38)(H,35,39). The number of nitrogens with zero attached hydrogens (tertiary/aromatic N) is 2. The molecule has 3 amide bonds. The number of fused-ring (bicyclic) bond motifs is 1. The minimum atomic E-state index is -0.396. The van der Waals surface area contributed by atoms with Crippen LogP contribution in [0.2, 0.25) is 0 Å². The maximum Gasteiger partial charge on any atom is 0.258 e. The predicted octanol–water partition coefficient (Wildman–Crippen LogP) is 3.58. The van der Waals surface area contributed by atoms with Crippen molar-refractivity contribution in [2.75, 3.05) is 27.3 Å². The summed E-state index contributed by atoms with van der Waals surface area (Å²) >= 11 is 0. The molecule has 1 aliphatic rings. The summed E-state index contributed by atoms with van der Waals surface area (Å²) in [5.74, 6) is 0.704. The summed E-state index contributed by atoms with van der Waals surface area (Å²) in [5.41, 5.74) is 4.60. The zero-order valence-corrected chi connectivity index (χ0v) is 23.6. The monoisotopic (exact) mass is 555 g/mol. The second-order valence-corrected chi connectivity index (χ2v) is 9.76. The quantitative estimate of drug-likeness (QED) is 0.335. The van der Waals surface area contributed by atoms with Gasteiger partial charge < -0.3 is 25.0 Å². The fourth-order valence-electron chi connectivity index (χ4n) is 4.67. The number of rotatable bonds is 13. The number of ether oxygens (including phenoxy) is 2. The van der Waals surface area contributed by atoms with Gasteiger partial charge in [0.1, 0.15) is 11.5 Å². The zero-order valence-electron chi connectivity index (χ0n) is 23.6. The largest absolute Gasteiger partial charge is 0.496 e. The molecule has 1 aliphatic heterocycles. The molecule has 1 atom stereocenters. The Morgan fingerprint density at radius 3 is 2.41 bits per heavy atom. The molecular weight excluding hydrogens is 520 g/mol. The molecule has 4 rings (SSSR count). The summed E-state index contributed by atoms with van der Waals surface area (Å²) in [5, 5.41) is 10.2. The Labute approximate surface area is 240 Å². The number of carbonyl (C=O) groups excluding carboxylic acids is 3. The molecular formula is C32H35N4O5. The molecule has 0 aromatic heterocycles. The number of methoxy groups -OCH3 is 1. The van der Waals surface area contributed by atoms with E-state index in [-0.39, 0.29) is 37.3 Å². The minimum absolute atomic E-state index is 0.0813. The van der Waals surface area contributed by atoms with E-state index in [2.05, 4.69) is 16.0 Å². The number of hydrogen-bond acceptors (Lipinski definition) is 5. The topological polar surface area (TPSA) is 111 Å². The normalized spacial score (nSPS) is 12.3. The molecule has 213 valence electrons. The number of benzene rings is 3. The fourth-order valence-corrected chi connectivity index (χ4v) is 4.67. The van der Waals surface area contributed by atoms with E-state index < -0.39 is 6.04 Å². The van der Waals surface area contributed by atoms with Crippen molar-refractivity contribution in [2.45, 2.75) is 32.4 Å². The molecule has 9 heteroatoms. The number of amides is 3. The van der Waals surface area contributed by atoms with Crippen LogP contribution < -0.4 is 25.4 Å². The van der Waals surface area contributed by atoms with Crippen LogP contribution in [0.1, 0.15) is 30.0 Å². The molecule has 0 spiro atoms. The molecule has 1 radical (unpaired) electrons. The van der Waals surface area contributed by atoms with Crippen molar-refractivity contribution in [1.29, 1.82) is 0 Å². The first kappa shape index (κ1) is 29.2. The van der Waals surface area contributed by atoms with Crippen molar-refractivity contribution in [2.24, 2.45) is 0 Å². The van der Waals surface area contributed by atoms with Gasteiger partial charge in [-0.05, 0) is 41.8 Å². The molecule has 1 unspecified atom stereocenters. The van der Waals surface area contributed by atoms with E-state index >= 15 is 0 Å². The minimum Gasteiger partial charge on any atom is -0.496 e. The van der Waals surface area contributed by atoms with E-state index in [1.165, 1.54) is 6.92 Å². The first-order chi connectivity index (χ1) is 19.9. The lowest BCUT2D eigenvalue weighted by Gasteiger charge is -2.28. The van der Waals surface area contributed by atoms with E-state index in [0.29, 0.717) is 24.5 Å². The second kappa shape index (κ2) is 14.0. The molecule has 1 heterocycles. The molecule has 0 fully saturated rings. The Morgan fingerprint density at radius 1 is 0.951 bits per heavy atom. The first-order valence-electron chi connectivity index (χ1n) is 13.4. The third kappa shape index (κ3) is 8.11. The van der Waals surface area contributed by atoms with Gasteiger partial charge in [-0.15, -0.1) is 0 Å².